The Balaban J connectivity index is 1.24. The zero-order valence-corrected chi connectivity index (χ0v) is 22.6. The van der Waals surface area contributed by atoms with E-state index in [1.807, 2.05) is 30.3 Å². The third kappa shape index (κ3) is 6.11. The van der Waals surface area contributed by atoms with E-state index in [0.717, 1.165) is 40.0 Å². The van der Waals surface area contributed by atoms with Crippen LogP contribution in [0.2, 0.25) is 10.0 Å². The van der Waals surface area contributed by atoms with Crippen LogP contribution in [-0.4, -0.2) is 31.4 Å². The molecule has 36 heavy (non-hydrogen) atoms. The molecule has 0 aliphatic heterocycles. The smallest absolute Gasteiger partial charge is 0.236 e. The minimum Gasteiger partial charge on any atom is -0.301 e. The van der Waals surface area contributed by atoms with Gasteiger partial charge in [0.15, 0.2) is 10.3 Å². The number of carbonyl (C=O) groups excluding carboxylic acids is 1. The van der Waals surface area contributed by atoms with Crippen LogP contribution in [0, 0.1) is 0 Å². The van der Waals surface area contributed by atoms with Crippen molar-refractivity contribution in [3.63, 3.8) is 0 Å². The first-order valence-electron chi connectivity index (χ1n) is 11.9. The summed E-state index contributed by atoms with van der Waals surface area (Å²) in [5.41, 5.74) is 2.06. The Hall–Kier alpha value is -2.39. The van der Waals surface area contributed by atoms with E-state index in [1.165, 1.54) is 42.4 Å². The highest BCUT2D eigenvalue weighted by molar-refractivity contribution is 7.99. The molecule has 2 heterocycles. The van der Waals surface area contributed by atoms with Crippen molar-refractivity contribution in [1.29, 1.82) is 0 Å². The fourth-order valence-electron chi connectivity index (χ4n) is 4.40. The molecule has 186 valence electrons. The highest BCUT2D eigenvalue weighted by Crippen LogP contribution is 2.35. The van der Waals surface area contributed by atoms with Gasteiger partial charge < -0.3 is 5.32 Å². The molecule has 0 atom stereocenters. The predicted molar refractivity (Wildman–Crippen MR) is 148 cm³/mol. The van der Waals surface area contributed by atoms with Crippen LogP contribution in [-0.2, 0) is 11.2 Å². The van der Waals surface area contributed by atoms with Crippen LogP contribution in [0.4, 0.5) is 5.13 Å². The van der Waals surface area contributed by atoms with Gasteiger partial charge in [-0.05, 0) is 42.7 Å². The summed E-state index contributed by atoms with van der Waals surface area (Å²) in [6, 6.07) is 15.7. The Morgan fingerprint density at radius 1 is 1.06 bits per heavy atom. The minimum atomic E-state index is -0.128. The summed E-state index contributed by atoms with van der Waals surface area (Å²) in [4.78, 5) is 18.1. The van der Waals surface area contributed by atoms with Crippen molar-refractivity contribution < 1.29 is 4.79 Å². The highest BCUT2D eigenvalue weighted by Gasteiger charge is 2.24. The number of nitrogens with one attached hydrogen (secondary N) is 1. The van der Waals surface area contributed by atoms with E-state index < -0.39 is 0 Å². The third-order valence-electron chi connectivity index (χ3n) is 6.14. The van der Waals surface area contributed by atoms with Crippen molar-refractivity contribution in [3.8, 4) is 5.69 Å². The lowest BCUT2D eigenvalue weighted by Gasteiger charge is -2.22. The quantitative estimate of drug-likeness (QED) is 0.228. The van der Waals surface area contributed by atoms with Crippen molar-refractivity contribution in [2.24, 2.45) is 0 Å². The molecule has 2 aromatic heterocycles. The second-order valence-electron chi connectivity index (χ2n) is 8.74. The van der Waals surface area contributed by atoms with E-state index in [0.29, 0.717) is 27.5 Å². The Bertz CT molecular complexity index is 1340. The van der Waals surface area contributed by atoms with E-state index in [9.17, 15) is 4.79 Å². The average molecular weight is 559 g/mol. The average Bonchev–Trinajstić information content (AvgIpc) is 3.53. The fraction of sp³-hybridized carbons (Fsp3) is 0.308. The summed E-state index contributed by atoms with van der Waals surface area (Å²) in [6.45, 7) is 0. The number of benzene rings is 2. The second kappa shape index (κ2) is 11.8. The summed E-state index contributed by atoms with van der Waals surface area (Å²) in [5, 5.41) is 14.3. The van der Waals surface area contributed by atoms with Crippen LogP contribution in [0.15, 0.2) is 59.9 Å². The van der Waals surface area contributed by atoms with Crippen molar-refractivity contribution in [1.82, 2.24) is 19.7 Å². The monoisotopic (exact) mass is 557 g/mol. The molecule has 1 N–H and O–H groups in total. The van der Waals surface area contributed by atoms with Crippen LogP contribution in [0.1, 0.15) is 54.3 Å². The zero-order chi connectivity index (χ0) is 24.9. The standard InChI is InChI=1S/C26H25Cl2N5OS2/c27-21-12-11-17(14-22(21)28)13-20-15-29-25(36-20)30-23(34)16-35-26-32-31-24(18-7-3-1-4-8-18)33(26)19-9-5-2-6-10-19/h2,5-6,9-12,14-15,18H,1,3-4,7-8,13,16H2,(H,29,30,34). The van der Waals surface area contributed by atoms with Gasteiger partial charge in [-0.1, -0.05) is 78.5 Å². The number of amides is 1. The summed E-state index contributed by atoms with van der Waals surface area (Å²) < 4.78 is 2.12. The van der Waals surface area contributed by atoms with E-state index in [4.69, 9.17) is 23.2 Å². The molecule has 1 aliphatic rings. The minimum absolute atomic E-state index is 0.128. The van der Waals surface area contributed by atoms with Gasteiger partial charge in [-0.15, -0.1) is 21.5 Å². The molecule has 6 nitrogen and oxygen atoms in total. The van der Waals surface area contributed by atoms with Crippen LogP contribution in [0.3, 0.4) is 0 Å². The highest BCUT2D eigenvalue weighted by atomic mass is 35.5. The molecule has 0 saturated heterocycles. The normalized spacial score (nSPS) is 14.2. The van der Waals surface area contributed by atoms with Crippen molar-refractivity contribution in [3.05, 3.63) is 81.0 Å². The molecule has 0 bridgehead atoms. The van der Waals surface area contributed by atoms with Gasteiger partial charge in [-0.3, -0.25) is 9.36 Å². The molecular formula is C26H25Cl2N5OS2. The number of thiazole rings is 1. The molecule has 1 aliphatic carbocycles. The lowest BCUT2D eigenvalue weighted by atomic mass is 9.88. The summed E-state index contributed by atoms with van der Waals surface area (Å²) in [5.74, 6) is 1.49. The summed E-state index contributed by atoms with van der Waals surface area (Å²) in [7, 11) is 0. The van der Waals surface area contributed by atoms with Crippen LogP contribution >= 0.6 is 46.3 Å². The van der Waals surface area contributed by atoms with Gasteiger partial charge in [-0.2, -0.15) is 0 Å². The molecule has 1 fully saturated rings. The SMILES string of the molecule is O=C(CSc1nnc(C2CCCCC2)n1-c1ccccc1)Nc1ncc(Cc2ccc(Cl)c(Cl)c2)s1. The molecule has 10 heteroatoms. The maximum Gasteiger partial charge on any atom is 0.236 e. The van der Waals surface area contributed by atoms with Crippen LogP contribution < -0.4 is 5.32 Å². The number of aromatic nitrogens is 4. The zero-order valence-electron chi connectivity index (χ0n) is 19.5. The molecule has 0 unspecified atom stereocenters. The Labute approximate surface area is 228 Å². The fourth-order valence-corrected chi connectivity index (χ4v) is 6.35. The molecule has 1 saturated carbocycles. The van der Waals surface area contributed by atoms with E-state index >= 15 is 0 Å². The van der Waals surface area contributed by atoms with Gasteiger partial charge in [0.1, 0.15) is 5.82 Å². The Morgan fingerprint density at radius 2 is 1.86 bits per heavy atom. The van der Waals surface area contributed by atoms with E-state index in [-0.39, 0.29) is 11.7 Å². The topological polar surface area (TPSA) is 72.7 Å². The number of halogens is 2. The van der Waals surface area contributed by atoms with Gasteiger partial charge in [0.05, 0.1) is 15.8 Å². The predicted octanol–water partition coefficient (Wildman–Crippen LogP) is 7.40. The summed E-state index contributed by atoms with van der Waals surface area (Å²) >= 11 is 15.0. The number of anilines is 1. The number of rotatable bonds is 8. The lowest BCUT2D eigenvalue weighted by molar-refractivity contribution is -0.113. The number of para-hydroxylation sites is 1. The second-order valence-corrected chi connectivity index (χ2v) is 11.6. The number of nitrogens with zero attached hydrogens (tertiary/aromatic N) is 4. The number of thioether (sulfide) groups is 1. The first kappa shape index (κ1) is 25.3. The van der Waals surface area contributed by atoms with Gasteiger partial charge in [-0.25, -0.2) is 4.98 Å². The molecular weight excluding hydrogens is 533 g/mol. The van der Waals surface area contributed by atoms with Gasteiger partial charge >= 0.3 is 0 Å². The van der Waals surface area contributed by atoms with Crippen LogP contribution in [0.5, 0.6) is 0 Å². The first-order valence-corrected chi connectivity index (χ1v) is 14.4. The van der Waals surface area contributed by atoms with Crippen molar-refractivity contribution in [2.75, 3.05) is 11.1 Å². The Morgan fingerprint density at radius 3 is 2.64 bits per heavy atom. The van der Waals surface area contributed by atoms with Crippen LogP contribution in [0.25, 0.3) is 5.69 Å². The van der Waals surface area contributed by atoms with Crippen molar-refractivity contribution in [2.45, 2.75) is 49.6 Å². The molecule has 0 spiro atoms. The Kier molecular flexibility index (Phi) is 8.26. The third-order valence-corrected chi connectivity index (χ3v) is 8.72. The van der Waals surface area contributed by atoms with Crippen molar-refractivity contribution >= 4 is 57.3 Å². The van der Waals surface area contributed by atoms with Gasteiger partial charge in [0.25, 0.3) is 0 Å². The molecule has 4 aromatic rings. The van der Waals surface area contributed by atoms with Gasteiger partial charge in [0.2, 0.25) is 5.91 Å². The number of hydrogen-bond donors (Lipinski definition) is 1. The number of hydrogen-bond acceptors (Lipinski definition) is 6. The number of carbonyl (C=O) groups is 1. The van der Waals surface area contributed by atoms with E-state index in [2.05, 4.69) is 37.2 Å². The molecule has 5 rings (SSSR count). The van der Waals surface area contributed by atoms with Gasteiger partial charge in [0, 0.05) is 29.1 Å². The lowest BCUT2D eigenvalue weighted by Crippen LogP contribution is -2.15. The molecule has 0 radical (unpaired) electrons. The molecule has 2 aromatic carbocycles. The molecule has 1 amide bonds. The largest absolute Gasteiger partial charge is 0.301 e. The first-order chi connectivity index (χ1) is 17.6. The maximum absolute atomic E-state index is 12.7. The summed E-state index contributed by atoms with van der Waals surface area (Å²) in [6.07, 6.45) is 8.43. The maximum atomic E-state index is 12.7. The van der Waals surface area contributed by atoms with E-state index in [1.54, 1.807) is 12.3 Å².